The highest BCUT2D eigenvalue weighted by molar-refractivity contribution is 7.99. The molecule has 1 aromatic rings. The van der Waals surface area contributed by atoms with Crippen molar-refractivity contribution < 1.29 is 8.42 Å². The Labute approximate surface area is 126 Å². The molecule has 20 heavy (non-hydrogen) atoms. The van der Waals surface area contributed by atoms with E-state index in [2.05, 4.69) is 5.32 Å². The second kappa shape index (κ2) is 7.45. The molecule has 1 aliphatic heterocycles. The molecule has 1 aliphatic rings. The Morgan fingerprint density at radius 1 is 1.25 bits per heavy atom. The maximum Gasteiger partial charge on any atom is 0.243 e. The van der Waals surface area contributed by atoms with Crippen molar-refractivity contribution in [1.82, 2.24) is 9.62 Å². The zero-order valence-corrected chi connectivity index (χ0v) is 13.5. The van der Waals surface area contributed by atoms with Crippen LogP contribution in [0, 0.1) is 0 Å². The number of thioether (sulfide) groups is 1. The lowest BCUT2D eigenvalue weighted by Gasteiger charge is -2.21. The molecule has 0 saturated carbocycles. The maximum atomic E-state index is 12.8. The van der Waals surface area contributed by atoms with Crippen LogP contribution in [0.25, 0.3) is 0 Å². The van der Waals surface area contributed by atoms with Crippen molar-refractivity contribution in [3.05, 3.63) is 29.8 Å². The van der Waals surface area contributed by atoms with Crippen LogP contribution >= 0.6 is 11.8 Å². The summed E-state index contributed by atoms with van der Waals surface area (Å²) >= 11 is 1.83. The Balaban J connectivity index is 2.28. The monoisotopic (exact) mass is 314 g/mol. The van der Waals surface area contributed by atoms with Crippen LogP contribution in [0.4, 0.5) is 0 Å². The highest BCUT2D eigenvalue weighted by Gasteiger charge is 2.27. The van der Waals surface area contributed by atoms with Gasteiger partial charge in [-0.3, -0.25) is 0 Å². The van der Waals surface area contributed by atoms with Crippen molar-refractivity contribution in [2.45, 2.75) is 24.8 Å². The van der Waals surface area contributed by atoms with Gasteiger partial charge in [-0.15, -0.1) is 0 Å². The van der Waals surface area contributed by atoms with Crippen molar-refractivity contribution in [3.8, 4) is 0 Å². The fourth-order valence-electron chi connectivity index (χ4n) is 2.26. The Hall–Kier alpha value is -0.560. The average molecular weight is 314 g/mol. The molecule has 0 radical (unpaired) electrons. The van der Waals surface area contributed by atoms with Crippen LogP contribution in [0.2, 0.25) is 0 Å². The highest BCUT2D eigenvalue weighted by atomic mass is 32.2. The average Bonchev–Trinajstić information content (AvgIpc) is 2.75. The lowest BCUT2D eigenvalue weighted by Crippen LogP contribution is -2.34. The van der Waals surface area contributed by atoms with Gasteiger partial charge in [-0.05, 0) is 30.3 Å². The summed E-state index contributed by atoms with van der Waals surface area (Å²) in [6.07, 6.45) is 0.930. The normalized spacial score (nSPS) is 17.9. The predicted molar refractivity (Wildman–Crippen MR) is 84.5 cm³/mol. The summed E-state index contributed by atoms with van der Waals surface area (Å²) in [4.78, 5) is 0.452. The second-order valence-corrected chi connectivity index (χ2v) is 7.89. The Morgan fingerprint density at radius 2 is 2.05 bits per heavy atom. The first-order valence-corrected chi connectivity index (χ1v) is 9.62. The van der Waals surface area contributed by atoms with Gasteiger partial charge < -0.3 is 5.32 Å². The lowest BCUT2D eigenvalue weighted by atomic mass is 10.2. The summed E-state index contributed by atoms with van der Waals surface area (Å²) in [6, 6.07) is 7.31. The van der Waals surface area contributed by atoms with E-state index in [0.717, 1.165) is 30.0 Å². The molecular formula is C14H22N2O2S2. The van der Waals surface area contributed by atoms with Gasteiger partial charge in [0.15, 0.2) is 0 Å². The van der Waals surface area contributed by atoms with Crippen molar-refractivity contribution >= 4 is 21.8 Å². The van der Waals surface area contributed by atoms with Crippen molar-refractivity contribution in [2.75, 3.05) is 31.1 Å². The van der Waals surface area contributed by atoms with Crippen LogP contribution in [0.3, 0.4) is 0 Å². The molecule has 1 aromatic carbocycles. The Morgan fingerprint density at radius 3 is 2.85 bits per heavy atom. The van der Waals surface area contributed by atoms with Gasteiger partial charge in [0, 0.05) is 25.4 Å². The minimum absolute atomic E-state index is 0.452. The molecule has 1 N–H and O–H groups in total. The third-order valence-corrected chi connectivity index (χ3v) is 6.38. The number of rotatable bonds is 5. The summed E-state index contributed by atoms with van der Waals surface area (Å²) in [5, 5.41) is 3.21. The van der Waals surface area contributed by atoms with E-state index in [-0.39, 0.29) is 0 Å². The summed E-state index contributed by atoms with van der Waals surface area (Å²) < 4.78 is 27.3. The predicted octanol–water partition coefficient (Wildman–Crippen LogP) is 1.92. The zero-order valence-electron chi connectivity index (χ0n) is 11.8. The number of hydrogen-bond donors (Lipinski definition) is 1. The molecular weight excluding hydrogens is 292 g/mol. The number of nitrogens with zero attached hydrogens (tertiary/aromatic N) is 1. The standard InChI is InChI=1S/C14H22N2O2S2/c1-2-15-12-13-6-3-4-7-14(13)20(17,18)16-8-5-10-19-11-9-16/h3-4,6-7,15H,2,5,8-12H2,1H3. The van der Waals surface area contributed by atoms with Gasteiger partial charge in [-0.2, -0.15) is 16.1 Å². The molecule has 112 valence electrons. The SMILES string of the molecule is CCNCc1ccccc1S(=O)(=O)N1CCCSCC1. The van der Waals surface area contributed by atoms with Crippen LogP contribution in [-0.4, -0.2) is 43.9 Å². The molecule has 1 saturated heterocycles. The third-order valence-electron chi connectivity index (χ3n) is 3.34. The van der Waals surface area contributed by atoms with Crippen LogP contribution in [-0.2, 0) is 16.6 Å². The first-order valence-electron chi connectivity index (χ1n) is 7.02. The first-order chi connectivity index (χ1) is 9.66. The Bertz CT molecular complexity index is 524. The highest BCUT2D eigenvalue weighted by Crippen LogP contribution is 2.22. The van der Waals surface area contributed by atoms with Gasteiger partial charge in [0.25, 0.3) is 0 Å². The quantitative estimate of drug-likeness (QED) is 0.902. The van der Waals surface area contributed by atoms with E-state index < -0.39 is 10.0 Å². The summed E-state index contributed by atoms with van der Waals surface area (Å²) in [7, 11) is -3.37. The summed E-state index contributed by atoms with van der Waals surface area (Å²) in [5.74, 6) is 1.93. The molecule has 0 bridgehead atoms. The van der Waals surface area contributed by atoms with Gasteiger partial charge in [0.1, 0.15) is 0 Å². The third kappa shape index (κ3) is 3.75. The molecule has 0 amide bonds. The molecule has 0 atom stereocenters. The number of nitrogens with one attached hydrogen (secondary N) is 1. The zero-order chi connectivity index (χ0) is 14.4. The molecule has 1 fully saturated rings. The molecule has 0 unspecified atom stereocenters. The van der Waals surface area contributed by atoms with E-state index in [9.17, 15) is 8.42 Å². The first kappa shape index (κ1) is 15.8. The van der Waals surface area contributed by atoms with Crippen molar-refractivity contribution in [1.29, 1.82) is 0 Å². The fourth-order valence-corrected chi connectivity index (χ4v) is 4.97. The minimum atomic E-state index is -3.37. The number of benzene rings is 1. The van der Waals surface area contributed by atoms with E-state index in [1.54, 1.807) is 16.4 Å². The van der Waals surface area contributed by atoms with Crippen molar-refractivity contribution in [2.24, 2.45) is 0 Å². The van der Waals surface area contributed by atoms with Gasteiger partial charge in [0.2, 0.25) is 10.0 Å². The molecule has 0 aliphatic carbocycles. The Kier molecular flexibility index (Phi) is 5.89. The van der Waals surface area contributed by atoms with E-state index in [4.69, 9.17) is 0 Å². The van der Waals surface area contributed by atoms with E-state index in [1.807, 2.05) is 30.8 Å². The number of sulfonamides is 1. The summed E-state index contributed by atoms with van der Waals surface area (Å²) in [6.45, 7) is 4.68. The van der Waals surface area contributed by atoms with Crippen LogP contribution < -0.4 is 5.32 Å². The van der Waals surface area contributed by atoms with Gasteiger partial charge in [0.05, 0.1) is 4.90 Å². The topological polar surface area (TPSA) is 49.4 Å². The molecule has 4 nitrogen and oxygen atoms in total. The maximum absolute atomic E-state index is 12.8. The van der Waals surface area contributed by atoms with E-state index in [0.29, 0.717) is 24.5 Å². The number of hydrogen-bond acceptors (Lipinski definition) is 4. The minimum Gasteiger partial charge on any atom is -0.313 e. The smallest absolute Gasteiger partial charge is 0.243 e. The molecule has 0 spiro atoms. The van der Waals surface area contributed by atoms with Gasteiger partial charge in [-0.1, -0.05) is 25.1 Å². The molecule has 6 heteroatoms. The largest absolute Gasteiger partial charge is 0.313 e. The van der Waals surface area contributed by atoms with Gasteiger partial charge >= 0.3 is 0 Å². The van der Waals surface area contributed by atoms with E-state index >= 15 is 0 Å². The molecule has 1 heterocycles. The van der Waals surface area contributed by atoms with Gasteiger partial charge in [-0.25, -0.2) is 8.42 Å². The van der Waals surface area contributed by atoms with Crippen LogP contribution in [0.1, 0.15) is 18.9 Å². The van der Waals surface area contributed by atoms with Crippen LogP contribution in [0.5, 0.6) is 0 Å². The van der Waals surface area contributed by atoms with Crippen molar-refractivity contribution in [3.63, 3.8) is 0 Å². The lowest BCUT2D eigenvalue weighted by molar-refractivity contribution is 0.434. The molecule has 0 aromatic heterocycles. The van der Waals surface area contributed by atoms with Crippen LogP contribution in [0.15, 0.2) is 29.2 Å². The fraction of sp³-hybridized carbons (Fsp3) is 0.571. The second-order valence-electron chi connectivity index (χ2n) is 4.76. The summed E-state index contributed by atoms with van der Waals surface area (Å²) in [5.41, 5.74) is 0.853. The molecule has 2 rings (SSSR count). The van der Waals surface area contributed by atoms with E-state index in [1.165, 1.54) is 0 Å².